The largest absolute Gasteiger partial charge is 0.479 e. The van der Waals surface area contributed by atoms with Crippen molar-refractivity contribution in [2.45, 2.75) is 6.04 Å². The van der Waals surface area contributed by atoms with Gasteiger partial charge in [-0.05, 0) is 23.3 Å². The minimum absolute atomic E-state index is 0.208. The van der Waals surface area contributed by atoms with Gasteiger partial charge < -0.3 is 5.11 Å². The third-order valence-corrected chi connectivity index (χ3v) is 5.30. The average molecular weight is 390 g/mol. The van der Waals surface area contributed by atoms with Gasteiger partial charge in [0.25, 0.3) is 5.91 Å². The number of hydrogen-bond acceptors (Lipinski definition) is 4. The molecule has 4 nitrogen and oxygen atoms in total. The van der Waals surface area contributed by atoms with Gasteiger partial charge in [0.2, 0.25) is 0 Å². The molecule has 1 heterocycles. The lowest BCUT2D eigenvalue weighted by Crippen LogP contribution is -2.37. The molecule has 2 aromatic carbocycles. The number of halogens is 1. The highest BCUT2D eigenvalue weighted by Gasteiger charge is 2.41. The summed E-state index contributed by atoms with van der Waals surface area (Å²) in [5.74, 6) is -1.58. The molecule has 126 valence electrons. The van der Waals surface area contributed by atoms with E-state index in [1.807, 2.05) is 6.07 Å². The highest BCUT2D eigenvalue weighted by atomic mass is 35.5. The predicted molar refractivity (Wildman–Crippen MR) is 103 cm³/mol. The molecule has 1 saturated heterocycles. The van der Waals surface area contributed by atoms with Gasteiger partial charge in [-0.3, -0.25) is 9.69 Å². The number of rotatable bonds is 4. The first kappa shape index (κ1) is 17.7. The highest BCUT2D eigenvalue weighted by Crippen LogP contribution is 2.38. The van der Waals surface area contributed by atoms with Crippen molar-refractivity contribution in [3.8, 4) is 0 Å². The number of thioether (sulfide) groups is 1. The van der Waals surface area contributed by atoms with Gasteiger partial charge in [-0.25, -0.2) is 4.79 Å². The van der Waals surface area contributed by atoms with E-state index in [-0.39, 0.29) is 4.32 Å². The number of carbonyl (C=O) groups is 2. The van der Waals surface area contributed by atoms with Crippen LogP contribution in [0.15, 0.2) is 59.5 Å². The Bertz CT molecular complexity index is 883. The molecule has 1 N–H and O–H groups in total. The molecule has 0 radical (unpaired) electrons. The van der Waals surface area contributed by atoms with Crippen molar-refractivity contribution in [2.24, 2.45) is 0 Å². The zero-order chi connectivity index (χ0) is 18.0. The fourth-order valence-electron chi connectivity index (χ4n) is 2.47. The van der Waals surface area contributed by atoms with Gasteiger partial charge in [-0.2, -0.15) is 0 Å². The first-order valence-corrected chi connectivity index (χ1v) is 8.88. The Hall–Kier alpha value is -2.15. The second-order valence-electron chi connectivity index (χ2n) is 5.22. The van der Waals surface area contributed by atoms with Crippen molar-refractivity contribution in [2.75, 3.05) is 0 Å². The summed E-state index contributed by atoms with van der Waals surface area (Å²) in [6.07, 6.45) is 1.63. The second-order valence-corrected chi connectivity index (χ2v) is 7.31. The molecule has 1 atom stereocenters. The monoisotopic (exact) mass is 389 g/mol. The van der Waals surface area contributed by atoms with E-state index in [1.54, 1.807) is 54.6 Å². The number of hydrogen-bond donors (Lipinski definition) is 1. The van der Waals surface area contributed by atoms with Crippen molar-refractivity contribution in [1.29, 1.82) is 0 Å². The maximum absolute atomic E-state index is 12.8. The minimum Gasteiger partial charge on any atom is -0.479 e. The number of thiocarbonyl (C=S) groups is 1. The lowest BCUT2D eigenvalue weighted by atomic mass is 10.1. The van der Waals surface area contributed by atoms with Crippen LogP contribution in [-0.4, -0.2) is 26.2 Å². The predicted octanol–water partition coefficient (Wildman–Crippen LogP) is 4.37. The minimum atomic E-state index is -1.16. The van der Waals surface area contributed by atoms with Crippen LogP contribution in [-0.2, 0) is 9.59 Å². The van der Waals surface area contributed by atoms with Gasteiger partial charge in [0.05, 0.1) is 4.91 Å². The average Bonchev–Trinajstić information content (AvgIpc) is 2.86. The lowest BCUT2D eigenvalue weighted by molar-refractivity contribution is -0.145. The topological polar surface area (TPSA) is 57.6 Å². The van der Waals surface area contributed by atoms with Crippen LogP contribution >= 0.6 is 35.6 Å². The first-order valence-electron chi connectivity index (χ1n) is 7.28. The van der Waals surface area contributed by atoms with E-state index >= 15 is 0 Å². The Morgan fingerprint density at radius 1 is 1.16 bits per heavy atom. The molecule has 3 rings (SSSR count). The number of nitrogens with zero attached hydrogens (tertiary/aromatic N) is 1. The second kappa shape index (κ2) is 7.39. The van der Waals surface area contributed by atoms with Crippen LogP contribution in [0.25, 0.3) is 6.08 Å². The summed E-state index contributed by atoms with van der Waals surface area (Å²) in [7, 11) is 0. The quantitative estimate of drug-likeness (QED) is 0.621. The van der Waals surface area contributed by atoms with E-state index in [0.717, 1.165) is 16.7 Å². The molecule has 7 heteroatoms. The van der Waals surface area contributed by atoms with Gasteiger partial charge in [0.1, 0.15) is 4.32 Å². The molecule has 0 spiro atoms. The van der Waals surface area contributed by atoms with Gasteiger partial charge >= 0.3 is 5.97 Å². The molecule has 2 aromatic rings. The van der Waals surface area contributed by atoms with Crippen molar-refractivity contribution in [1.82, 2.24) is 4.90 Å². The normalized spacial score (nSPS) is 17.2. The summed E-state index contributed by atoms with van der Waals surface area (Å²) in [5.41, 5.74) is 1.17. The molecule has 0 aliphatic carbocycles. The molecule has 1 amide bonds. The third-order valence-electron chi connectivity index (χ3n) is 3.62. The molecule has 0 aromatic heterocycles. The van der Waals surface area contributed by atoms with Crippen molar-refractivity contribution in [3.05, 3.63) is 75.7 Å². The van der Waals surface area contributed by atoms with Crippen LogP contribution in [0.4, 0.5) is 0 Å². The van der Waals surface area contributed by atoms with Crippen LogP contribution in [0, 0.1) is 0 Å². The number of carboxylic acids is 1. The summed E-state index contributed by atoms with van der Waals surface area (Å²) in [6, 6.07) is 14.5. The molecule has 1 fully saturated rings. The summed E-state index contributed by atoms with van der Waals surface area (Å²) in [5, 5.41) is 10.1. The summed E-state index contributed by atoms with van der Waals surface area (Å²) in [6.45, 7) is 0. The first-order chi connectivity index (χ1) is 12.0. The summed E-state index contributed by atoms with van der Waals surface area (Å²) < 4.78 is 0.208. The number of carbonyl (C=O) groups excluding carboxylic acids is 1. The van der Waals surface area contributed by atoms with Crippen molar-refractivity contribution >= 4 is 57.9 Å². The summed E-state index contributed by atoms with van der Waals surface area (Å²) in [4.78, 5) is 26.1. The Kier molecular flexibility index (Phi) is 5.22. The molecular weight excluding hydrogens is 378 g/mol. The highest BCUT2D eigenvalue weighted by molar-refractivity contribution is 8.26. The SMILES string of the molecule is O=C(O)C(c1ccccc1)N1C(=O)/C(=C/c2ccccc2Cl)SC1=S. The van der Waals surface area contributed by atoms with Gasteiger partial charge in [0.15, 0.2) is 6.04 Å². The lowest BCUT2D eigenvalue weighted by Gasteiger charge is -2.23. The molecule has 1 aliphatic rings. The van der Waals surface area contributed by atoms with Crippen molar-refractivity contribution < 1.29 is 14.7 Å². The maximum Gasteiger partial charge on any atom is 0.331 e. The van der Waals surface area contributed by atoms with Crippen LogP contribution in [0.3, 0.4) is 0 Å². The van der Waals surface area contributed by atoms with E-state index in [0.29, 0.717) is 21.1 Å². The summed E-state index contributed by atoms with van der Waals surface area (Å²) >= 11 is 12.5. The van der Waals surface area contributed by atoms with Crippen molar-refractivity contribution in [3.63, 3.8) is 0 Å². The number of benzene rings is 2. The van der Waals surface area contributed by atoms with E-state index in [2.05, 4.69) is 0 Å². The van der Waals surface area contributed by atoms with Gasteiger partial charge in [-0.15, -0.1) is 0 Å². The zero-order valence-electron chi connectivity index (χ0n) is 12.8. The number of aliphatic carboxylic acids is 1. The molecule has 0 saturated carbocycles. The van der Waals surface area contributed by atoms with Crippen LogP contribution in [0.2, 0.25) is 5.02 Å². The zero-order valence-corrected chi connectivity index (χ0v) is 15.1. The van der Waals surface area contributed by atoms with E-state index in [4.69, 9.17) is 23.8 Å². The molecular formula is C18H12ClNO3S2. The van der Waals surface area contributed by atoms with E-state index < -0.39 is 17.9 Å². The number of carboxylic acid groups (broad SMARTS) is 1. The standard InChI is InChI=1S/C18H12ClNO3S2/c19-13-9-5-4-8-12(13)10-14-16(21)20(18(24)25-14)15(17(22)23)11-6-2-1-3-7-11/h1-10,15H,(H,22,23)/b14-10-. The Morgan fingerprint density at radius 3 is 2.44 bits per heavy atom. The van der Waals surface area contributed by atoms with Crippen LogP contribution in [0.5, 0.6) is 0 Å². The Morgan fingerprint density at radius 2 is 1.80 bits per heavy atom. The van der Waals surface area contributed by atoms with Gasteiger partial charge in [-0.1, -0.05) is 84.1 Å². The molecule has 1 unspecified atom stereocenters. The third kappa shape index (κ3) is 3.61. The molecule has 25 heavy (non-hydrogen) atoms. The smallest absolute Gasteiger partial charge is 0.331 e. The fourth-order valence-corrected chi connectivity index (χ4v) is 3.97. The molecule has 1 aliphatic heterocycles. The van der Waals surface area contributed by atoms with E-state index in [9.17, 15) is 14.7 Å². The number of amides is 1. The van der Waals surface area contributed by atoms with Crippen LogP contribution in [0.1, 0.15) is 17.2 Å². The molecule has 0 bridgehead atoms. The van der Waals surface area contributed by atoms with E-state index in [1.165, 1.54) is 0 Å². The Labute approximate surface area is 159 Å². The van der Waals surface area contributed by atoms with Gasteiger partial charge in [0, 0.05) is 5.02 Å². The maximum atomic E-state index is 12.8. The fraction of sp³-hybridized carbons (Fsp3) is 0.0556. The Balaban J connectivity index is 1.98. The van der Waals surface area contributed by atoms with Crippen LogP contribution < -0.4 is 0 Å².